The second kappa shape index (κ2) is 13.4. The number of fused-ring (bicyclic) bond motifs is 5. The van der Waals surface area contributed by atoms with E-state index in [2.05, 4.69) is 120 Å². The number of benzene rings is 8. The standard InChI is InChI=1S/C52H37N2O2P/c1-52(2)46-32-37(35-14-13-21-43(30-35)57(55,41-17-9-5-10-18-41)42-19-11-6-12-20-42)23-28-50(46)56-51-29-24-38(33-47(51)52)36-22-26-48-44(31-36)45-34-39(53-3)25-27-49(45)54(48)40-15-7-4-8-16-40/h4-34H,1-2H3. The highest BCUT2D eigenvalue weighted by atomic mass is 31.2. The van der Waals surface area contributed by atoms with E-state index in [1.165, 1.54) is 0 Å². The fourth-order valence-corrected chi connectivity index (χ4v) is 11.3. The van der Waals surface area contributed by atoms with E-state index in [0.717, 1.165) is 88.3 Å². The Labute approximate surface area is 332 Å². The third-order valence-electron chi connectivity index (χ3n) is 11.5. The van der Waals surface area contributed by atoms with Crippen LogP contribution in [0.3, 0.4) is 0 Å². The van der Waals surface area contributed by atoms with Gasteiger partial charge in [-0.1, -0.05) is 135 Å². The summed E-state index contributed by atoms with van der Waals surface area (Å²) < 4.78 is 24.1. The third-order valence-corrected chi connectivity index (χ3v) is 14.6. The lowest BCUT2D eigenvalue weighted by Crippen LogP contribution is -2.25. The lowest BCUT2D eigenvalue weighted by Gasteiger charge is -2.35. The zero-order valence-corrected chi connectivity index (χ0v) is 32.5. The molecule has 0 fully saturated rings. The summed E-state index contributed by atoms with van der Waals surface area (Å²) in [6, 6.07) is 63.7. The molecule has 0 spiro atoms. The van der Waals surface area contributed by atoms with Gasteiger partial charge in [-0.25, -0.2) is 4.85 Å². The van der Waals surface area contributed by atoms with Crippen molar-refractivity contribution in [2.75, 3.05) is 0 Å². The maximum absolute atomic E-state index is 15.2. The van der Waals surface area contributed by atoms with Crippen LogP contribution in [0.1, 0.15) is 25.0 Å². The Bertz CT molecular complexity index is 3060. The number of nitrogens with zero attached hydrogens (tertiary/aromatic N) is 2. The molecule has 57 heavy (non-hydrogen) atoms. The molecule has 8 aromatic carbocycles. The van der Waals surface area contributed by atoms with E-state index in [9.17, 15) is 0 Å². The van der Waals surface area contributed by atoms with Gasteiger partial charge in [0.15, 0.2) is 12.8 Å². The zero-order chi connectivity index (χ0) is 38.7. The van der Waals surface area contributed by atoms with Crippen LogP contribution < -0.4 is 20.7 Å². The number of rotatable bonds is 6. The van der Waals surface area contributed by atoms with Crippen LogP contribution in [-0.2, 0) is 9.98 Å². The SMILES string of the molecule is [C-]#[N+]c1ccc2c(c1)c1cc(-c3ccc4c(c3)C(C)(C)c3cc(-c5cccc(P(=O)(c6ccccc6)c6ccccc6)c5)ccc3O4)ccc1n2-c1ccccc1. The summed E-state index contributed by atoms with van der Waals surface area (Å²) in [5, 5.41) is 4.59. The van der Waals surface area contributed by atoms with Gasteiger partial charge in [-0.05, 0) is 94.4 Å². The fourth-order valence-electron chi connectivity index (χ4n) is 8.56. The van der Waals surface area contributed by atoms with Crippen molar-refractivity contribution in [1.82, 2.24) is 4.57 Å². The molecule has 10 rings (SSSR count). The van der Waals surface area contributed by atoms with Crippen LogP contribution in [0.15, 0.2) is 188 Å². The lowest BCUT2D eigenvalue weighted by atomic mass is 9.74. The second-order valence-electron chi connectivity index (χ2n) is 15.2. The Morgan fingerprint density at radius 1 is 0.509 bits per heavy atom. The predicted molar refractivity (Wildman–Crippen MR) is 236 cm³/mol. The van der Waals surface area contributed by atoms with E-state index in [4.69, 9.17) is 11.3 Å². The Morgan fingerprint density at radius 2 is 1.00 bits per heavy atom. The summed E-state index contributed by atoms with van der Waals surface area (Å²) in [5.74, 6) is 1.69. The van der Waals surface area contributed by atoms with Crippen LogP contribution in [0.4, 0.5) is 5.69 Å². The highest BCUT2D eigenvalue weighted by Gasteiger charge is 2.35. The zero-order valence-electron chi connectivity index (χ0n) is 31.6. The Kier molecular flexibility index (Phi) is 8.11. The quantitative estimate of drug-likeness (QED) is 0.125. The van der Waals surface area contributed by atoms with Crippen molar-refractivity contribution in [2.24, 2.45) is 0 Å². The van der Waals surface area contributed by atoms with Gasteiger partial charge < -0.3 is 13.9 Å². The van der Waals surface area contributed by atoms with E-state index in [1.807, 2.05) is 91.0 Å². The molecule has 0 saturated heterocycles. The van der Waals surface area contributed by atoms with Crippen molar-refractivity contribution in [2.45, 2.75) is 19.3 Å². The number of hydrogen-bond donors (Lipinski definition) is 0. The maximum Gasteiger partial charge on any atom is 0.188 e. The Hall–Kier alpha value is -6.92. The smallest absolute Gasteiger partial charge is 0.188 e. The first-order valence-corrected chi connectivity index (χ1v) is 20.8. The van der Waals surface area contributed by atoms with Gasteiger partial charge in [0, 0.05) is 43.5 Å². The molecule has 0 bridgehead atoms. The maximum atomic E-state index is 15.2. The highest BCUT2D eigenvalue weighted by Crippen LogP contribution is 2.50. The fraction of sp³-hybridized carbons (Fsp3) is 0.0577. The molecule has 5 heteroatoms. The van der Waals surface area contributed by atoms with Crippen molar-refractivity contribution in [3.8, 4) is 39.4 Å². The molecule has 1 aliphatic rings. The molecule has 0 radical (unpaired) electrons. The minimum Gasteiger partial charge on any atom is -0.457 e. The first-order valence-electron chi connectivity index (χ1n) is 19.1. The highest BCUT2D eigenvalue weighted by molar-refractivity contribution is 7.85. The van der Waals surface area contributed by atoms with Crippen LogP contribution in [0, 0.1) is 6.57 Å². The third kappa shape index (κ3) is 5.62. The lowest BCUT2D eigenvalue weighted by molar-refractivity contribution is 0.418. The van der Waals surface area contributed by atoms with Crippen molar-refractivity contribution in [3.05, 3.63) is 211 Å². The van der Waals surface area contributed by atoms with Crippen molar-refractivity contribution >= 4 is 50.5 Å². The molecule has 1 aromatic heterocycles. The average Bonchev–Trinajstić information content (AvgIpc) is 3.60. The first-order chi connectivity index (χ1) is 27.8. The summed E-state index contributed by atoms with van der Waals surface area (Å²) in [7, 11) is -3.14. The van der Waals surface area contributed by atoms with Crippen LogP contribution >= 0.6 is 7.14 Å². The van der Waals surface area contributed by atoms with Crippen molar-refractivity contribution in [1.29, 1.82) is 0 Å². The van der Waals surface area contributed by atoms with Crippen LogP contribution in [-0.4, -0.2) is 4.57 Å². The molecule has 0 saturated carbocycles. The van der Waals surface area contributed by atoms with Crippen molar-refractivity contribution in [3.63, 3.8) is 0 Å². The molecule has 4 nitrogen and oxygen atoms in total. The van der Waals surface area contributed by atoms with E-state index in [0.29, 0.717) is 5.69 Å². The molecule has 0 N–H and O–H groups in total. The molecule has 1 aliphatic heterocycles. The summed E-state index contributed by atoms with van der Waals surface area (Å²) >= 11 is 0. The molecule has 272 valence electrons. The Balaban J connectivity index is 1.05. The van der Waals surface area contributed by atoms with E-state index >= 15 is 4.57 Å². The molecule has 0 atom stereocenters. The molecule has 0 unspecified atom stereocenters. The van der Waals surface area contributed by atoms with Crippen LogP contribution in [0.5, 0.6) is 11.5 Å². The topological polar surface area (TPSA) is 35.6 Å². The van der Waals surface area contributed by atoms with E-state index in [-0.39, 0.29) is 5.41 Å². The molecule has 9 aromatic rings. The number of aromatic nitrogens is 1. The Morgan fingerprint density at radius 3 is 1.60 bits per heavy atom. The number of ether oxygens (including phenoxy) is 1. The molecule has 0 aliphatic carbocycles. The van der Waals surface area contributed by atoms with Crippen LogP contribution in [0.25, 0.3) is 54.6 Å². The largest absolute Gasteiger partial charge is 0.457 e. The predicted octanol–water partition coefficient (Wildman–Crippen LogP) is 12.7. The summed E-state index contributed by atoms with van der Waals surface area (Å²) in [5.41, 5.74) is 9.93. The monoisotopic (exact) mass is 752 g/mol. The van der Waals surface area contributed by atoms with E-state index < -0.39 is 7.14 Å². The van der Waals surface area contributed by atoms with Gasteiger partial charge in [0.25, 0.3) is 0 Å². The van der Waals surface area contributed by atoms with Gasteiger partial charge in [-0.3, -0.25) is 0 Å². The molecular formula is C52H37N2O2P. The number of hydrogen-bond acceptors (Lipinski definition) is 2. The van der Waals surface area contributed by atoms with Crippen molar-refractivity contribution < 1.29 is 9.30 Å². The van der Waals surface area contributed by atoms with Gasteiger partial charge in [0.05, 0.1) is 17.6 Å². The van der Waals surface area contributed by atoms with Gasteiger partial charge >= 0.3 is 0 Å². The second-order valence-corrected chi connectivity index (χ2v) is 18.0. The van der Waals surface area contributed by atoms with Gasteiger partial charge in [-0.15, -0.1) is 0 Å². The summed E-state index contributed by atoms with van der Waals surface area (Å²) in [6.45, 7) is 12.2. The summed E-state index contributed by atoms with van der Waals surface area (Å²) in [6.07, 6.45) is 0. The summed E-state index contributed by atoms with van der Waals surface area (Å²) in [4.78, 5) is 3.75. The molecular weight excluding hydrogens is 716 g/mol. The normalized spacial score (nSPS) is 13.1. The number of para-hydroxylation sites is 1. The van der Waals surface area contributed by atoms with Crippen LogP contribution in [0.2, 0.25) is 0 Å². The average molecular weight is 753 g/mol. The van der Waals surface area contributed by atoms with Gasteiger partial charge in [0.2, 0.25) is 0 Å². The minimum atomic E-state index is -3.14. The van der Waals surface area contributed by atoms with E-state index in [1.54, 1.807) is 0 Å². The molecule has 2 heterocycles. The van der Waals surface area contributed by atoms with Gasteiger partial charge in [-0.2, -0.15) is 0 Å². The first kappa shape index (κ1) is 34.6. The minimum absolute atomic E-state index is 0.381. The van der Waals surface area contributed by atoms with Gasteiger partial charge in [0.1, 0.15) is 11.5 Å². The molecule has 0 amide bonds.